The number of aliphatic carboxylic acids is 1. The summed E-state index contributed by atoms with van der Waals surface area (Å²) in [5.74, 6) is -0.787. The molecule has 4 rings (SSSR count). The van der Waals surface area contributed by atoms with E-state index in [9.17, 15) is 14.7 Å². The highest BCUT2D eigenvalue weighted by Crippen LogP contribution is 2.39. The number of methoxy groups -OCH3 is 2. The standard InChI is InChI=1S/C34H40O6/c1-4-5-6-7-8-9-10-11-23-12-15-28-26(18-23)22-27-21-25(14-16-29(27)28)33(34(36)37)40-32(35)20-24-13-17-30(38-2)31(19-24)39-3/h12-19,21,33H,4-11,20,22H2,1-3H3,(H,36,37). The van der Waals surface area contributed by atoms with Gasteiger partial charge in [-0.2, -0.15) is 0 Å². The molecule has 6 nitrogen and oxygen atoms in total. The van der Waals surface area contributed by atoms with Gasteiger partial charge in [-0.05, 0) is 64.8 Å². The third-order valence-electron chi connectivity index (χ3n) is 7.61. The zero-order valence-electron chi connectivity index (χ0n) is 23.8. The molecular weight excluding hydrogens is 504 g/mol. The van der Waals surface area contributed by atoms with Gasteiger partial charge >= 0.3 is 11.9 Å². The number of carboxylic acid groups (broad SMARTS) is 1. The zero-order valence-corrected chi connectivity index (χ0v) is 23.8. The summed E-state index contributed by atoms with van der Waals surface area (Å²) in [5.41, 5.74) is 7.09. The fraction of sp³-hybridized carbons (Fsp3) is 0.412. The Hall–Kier alpha value is -3.80. The van der Waals surface area contributed by atoms with Gasteiger partial charge < -0.3 is 19.3 Å². The van der Waals surface area contributed by atoms with Gasteiger partial charge in [-0.25, -0.2) is 4.79 Å². The van der Waals surface area contributed by atoms with Gasteiger partial charge in [0, 0.05) is 5.56 Å². The molecule has 1 N–H and O–H groups in total. The highest BCUT2D eigenvalue weighted by molar-refractivity contribution is 5.82. The van der Waals surface area contributed by atoms with Crippen molar-refractivity contribution < 1.29 is 28.9 Å². The van der Waals surface area contributed by atoms with Gasteiger partial charge in [0.1, 0.15) is 0 Å². The number of aryl methyl sites for hydroxylation is 1. The van der Waals surface area contributed by atoms with Crippen molar-refractivity contribution in [3.05, 3.63) is 82.4 Å². The Morgan fingerprint density at radius 1 is 0.775 bits per heavy atom. The molecule has 1 unspecified atom stereocenters. The van der Waals surface area contributed by atoms with Crippen LogP contribution in [0, 0.1) is 0 Å². The smallest absolute Gasteiger partial charge is 0.349 e. The van der Waals surface area contributed by atoms with E-state index in [1.807, 2.05) is 12.1 Å². The van der Waals surface area contributed by atoms with Crippen molar-refractivity contribution in [1.82, 2.24) is 0 Å². The van der Waals surface area contributed by atoms with E-state index in [0.717, 1.165) is 24.0 Å². The van der Waals surface area contributed by atoms with Gasteiger partial charge in [0.25, 0.3) is 0 Å². The Morgan fingerprint density at radius 2 is 1.43 bits per heavy atom. The number of benzene rings is 3. The lowest BCUT2D eigenvalue weighted by molar-refractivity contribution is -0.164. The van der Waals surface area contributed by atoms with Crippen molar-refractivity contribution in [2.45, 2.75) is 77.2 Å². The molecule has 0 radical (unpaired) electrons. The summed E-state index contributed by atoms with van der Waals surface area (Å²) in [6.45, 7) is 2.25. The van der Waals surface area contributed by atoms with Crippen molar-refractivity contribution in [1.29, 1.82) is 0 Å². The molecular formula is C34H40O6. The van der Waals surface area contributed by atoms with E-state index in [-0.39, 0.29) is 6.42 Å². The molecule has 212 valence electrons. The van der Waals surface area contributed by atoms with Crippen LogP contribution in [0.25, 0.3) is 11.1 Å². The Labute approximate surface area is 237 Å². The first-order valence-electron chi connectivity index (χ1n) is 14.3. The minimum absolute atomic E-state index is 0.0813. The minimum atomic E-state index is -1.38. The van der Waals surface area contributed by atoms with Gasteiger partial charge in [0.2, 0.25) is 6.10 Å². The molecule has 0 aromatic heterocycles. The van der Waals surface area contributed by atoms with Gasteiger partial charge in [-0.3, -0.25) is 4.79 Å². The van der Waals surface area contributed by atoms with Crippen molar-refractivity contribution in [2.75, 3.05) is 14.2 Å². The largest absolute Gasteiger partial charge is 0.493 e. The average molecular weight is 545 g/mol. The van der Waals surface area contributed by atoms with Gasteiger partial charge in [-0.15, -0.1) is 0 Å². The normalized spacial score (nSPS) is 12.4. The van der Waals surface area contributed by atoms with Crippen molar-refractivity contribution >= 4 is 11.9 Å². The van der Waals surface area contributed by atoms with Crippen LogP contribution in [0.4, 0.5) is 0 Å². The number of carboxylic acids is 1. The summed E-state index contributed by atoms with van der Waals surface area (Å²) < 4.78 is 16.0. The highest BCUT2D eigenvalue weighted by atomic mass is 16.6. The number of esters is 1. The van der Waals surface area contributed by atoms with Crippen LogP contribution in [0.3, 0.4) is 0 Å². The molecule has 1 aliphatic carbocycles. The van der Waals surface area contributed by atoms with E-state index >= 15 is 0 Å². The summed E-state index contributed by atoms with van der Waals surface area (Å²) in [7, 11) is 3.05. The van der Waals surface area contributed by atoms with E-state index in [1.165, 1.54) is 75.9 Å². The Morgan fingerprint density at radius 3 is 2.12 bits per heavy atom. The maximum Gasteiger partial charge on any atom is 0.349 e. The summed E-state index contributed by atoms with van der Waals surface area (Å²) in [5, 5.41) is 9.90. The van der Waals surface area contributed by atoms with Crippen LogP contribution in [0.5, 0.6) is 11.5 Å². The first kappa shape index (κ1) is 29.2. The monoisotopic (exact) mass is 544 g/mol. The molecule has 40 heavy (non-hydrogen) atoms. The van der Waals surface area contributed by atoms with E-state index < -0.39 is 18.0 Å². The molecule has 0 spiro atoms. The summed E-state index contributed by atoms with van der Waals surface area (Å²) in [6.07, 6.45) is 9.44. The second-order valence-electron chi connectivity index (χ2n) is 10.5. The number of ether oxygens (including phenoxy) is 3. The number of hydrogen-bond donors (Lipinski definition) is 1. The Bertz CT molecular complexity index is 1330. The number of fused-ring (bicyclic) bond motifs is 3. The number of rotatable bonds is 15. The van der Waals surface area contributed by atoms with Crippen LogP contribution in [0.1, 0.15) is 85.8 Å². The van der Waals surface area contributed by atoms with Crippen LogP contribution in [-0.2, 0) is 33.6 Å². The van der Waals surface area contributed by atoms with Crippen LogP contribution in [0.15, 0.2) is 54.6 Å². The molecule has 1 aliphatic rings. The molecule has 3 aromatic rings. The molecule has 0 aliphatic heterocycles. The molecule has 0 bridgehead atoms. The van der Waals surface area contributed by atoms with Crippen LogP contribution in [0.2, 0.25) is 0 Å². The highest BCUT2D eigenvalue weighted by Gasteiger charge is 2.27. The number of hydrogen-bond acceptors (Lipinski definition) is 5. The van der Waals surface area contributed by atoms with Gasteiger partial charge in [0.05, 0.1) is 20.6 Å². The lowest BCUT2D eigenvalue weighted by Crippen LogP contribution is -2.20. The predicted molar refractivity (Wildman–Crippen MR) is 156 cm³/mol. The molecule has 0 saturated carbocycles. The van der Waals surface area contributed by atoms with Crippen LogP contribution >= 0.6 is 0 Å². The summed E-state index contributed by atoms with van der Waals surface area (Å²) in [4.78, 5) is 24.8. The number of unbranched alkanes of at least 4 members (excludes halogenated alkanes) is 6. The Balaban J connectivity index is 1.39. The average Bonchev–Trinajstić information content (AvgIpc) is 3.32. The van der Waals surface area contributed by atoms with Crippen LogP contribution in [-0.4, -0.2) is 31.3 Å². The quantitative estimate of drug-likeness (QED) is 0.123. The molecule has 0 amide bonds. The maximum absolute atomic E-state index is 12.7. The first-order chi connectivity index (χ1) is 19.4. The topological polar surface area (TPSA) is 82.1 Å². The maximum atomic E-state index is 12.7. The third kappa shape index (κ3) is 7.23. The fourth-order valence-corrected chi connectivity index (χ4v) is 5.48. The third-order valence-corrected chi connectivity index (χ3v) is 7.61. The second kappa shape index (κ2) is 14.0. The molecule has 3 aromatic carbocycles. The minimum Gasteiger partial charge on any atom is -0.493 e. The van der Waals surface area contributed by atoms with Gasteiger partial charge in [-0.1, -0.05) is 87.9 Å². The number of carbonyl (C=O) groups is 2. The molecule has 0 heterocycles. The second-order valence-corrected chi connectivity index (χ2v) is 10.5. The van der Waals surface area contributed by atoms with Gasteiger partial charge in [0.15, 0.2) is 11.5 Å². The molecule has 0 saturated heterocycles. The fourth-order valence-electron chi connectivity index (χ4n) is 5.48. The lowest BCUT2D eigenvalue weighted by Gasteiger charge is -2.16. The Kier molecular flexibility index (Phi) is 10.2. The van der Waals surface area contributed by atoms with E-state index in [2.05, 4.69) is 25.1 Å². The van der Waals surface area contributed by atoms with E-state index in [0.29, 0.717) is 22.6 Å². The summed E-state index contributed by atoms with van der Waals surface area (Å²) in [6, 6.07) is 17.4. The number of carbonyl (C=O) groups excluding carboxylic acids is 1. The van der Waals surface area contributed by atoms with Crippen molar-refractivity contribution in [2.24, 2.45) is 0 Å². The molecule has 0 fully saturated rings. The summed E-state index contributed by atoms with van der Waals surface area (Å²) >= 11 is 0. The molecule has 1 atom stereocenters. The van der Waals surface area contributed by atoms with E-state index in [4.69, 9.17) is 14.2 Å². The van der Waals surface area contributed by atoms with Crippen LogP contribution < -0.4 is 9.47 Å². The lowest BCUT2D eigenvalue weighted by atomic mass is 9.99. The van der Waals surface area contributed by atoms with Crippen molar-refractivity contribution in [3.63, 3.8) is 0 Å². The predicted octanol–water partition coefficient (Wildman–Crippen LogP) is 7.48. The zero-order chi connectivity index (χ0) is 28.5. The molecule has 6 heteroatoms. The van der Waals surface area contributed by atoms with E-state index in [1.54, 1.807) is 24.3 Å². The first-order valence-corrected chi connectivity index (χ1v) is 14.3. The SMILES string of the molecule is CCCCCCCCCc1ccc2c(c1)Cc1cc(C(OC(=O)Cc3ccc(OC)c(OC)c3)C(=O)O)ccc1-2. The van der Waals surface area contributed by atoms with Crippen molar-refractivity contribution in [3.8, 4) is 22.6 Å².